The van der Waals surface area contributed by atoms with Crippen molar-refractivity contribution >= 4 is 41.3 Å². The van der Waals surface area contributed by atoms with Crippen LogP contribution >= 0.6 is 35.3 Å². The monoisotopic (exact) mass is 484 g/mol. The summed E-state index contributed by atoms with van der Waals surface area (Å²) in [5, 5.41) is 11.2. The zero-order chi connectivity index (χ0) is 17.5. The van der Waals surface area contributed by atoms with Gasteiger partial charge in [0.25, 0.3) is 0 Å². The maximum atomic E-state index is 4.34. The molecule has 0 saturated heterocycles. The molecule has 0 radical (unpaired) electrons. The van der Waals surface area contributed by atoms with E-state index in [9.17, 15) is 0 Å². The van der Waals surface area contributed by atoms with E-state index >= 15 is 0 Å². The summed E-state index contributed by atoms with van der Waals surface area (Å²) in [5.74, 6) is 1.38. The second-order valence-electron chi connectivity index (χ2n) is 6.63. The summed E-state index contributed by atoms with van der Waals surface area (Å²) in [6.45, 7) is 7.28. The predicted octanol–water partition coefficient (Wildman–Crippen LogP) is 3.69. The number of rotatable bonds is 6. The van der Waals surface area contributed by atoms with Gasteiger partial charge in [-0.3, -0.25) is 9.89 Å². The highest BCUT2D eigenvalue weighted by atomic mass is 127. The first-order valence-electron chi connectivity index (χ1n) is 9.02. The largest absolute Gasteiger partial charge is 0.356 e. The molecular formula is C20H29IN4S. The zero-order valence-electron chi connectivity index (χ0n) is 15.6. The molecule has 0 fully saturated rings. The van der Waals surface area contributed by atoms with E-state index in [1.165, 1.54) is 16.7 Å². The lowest BCUT2D eigenvalue weighted by Gasteiger charge is -2.29. The van der Waals surface area contributed by atoms with Crippen molar-refractivity contribution in [1.82, 2.24) is 15.5 Å². The quantitative estimate of drug-likeness (QED) is 0.373. The summed E-state index contributed by atoms with van der Waals surface area (Å²) in [6, 6.07) is 11.0. The van der Waals surface area contributed by atoms with Crippen LogP contribution in [0.3, 0.4) is 0 Å². The Morgan fingerprint density at radius 1 is 1.23 bits per heavy atom. The Bertz CT molecular complexity index is 687. The number of nitrogens with one attached hydrogen (secondary N) is 2. The van der Waals surface area contributed by atoms with Crippen LogP contribution in [0.1, 0.15) is 29.5 Å². The molecule has 1 aliphatic rings. The highest BCUT2D eigenvalue weighted by molar-refractivity contribution is 14.0. The number of hydrogen-bond acceptors (Lipinski definition) is 3. The van der Waals surface area contributed by atoms with Gasteiger partial charge in [0.15, 0.2) is 5.96 Å². The third-order valence-electron chi connectivity index (χ3n) is 4.84. The number of guanidine groups is 1. The first-order valence-corrected chi connectivity index (χ1v) is 9.96. The molecule has 2 heterocycles. The molecule has 1 unspecified atom stereocenters. The Hall–Kier alpha value is -1.12. The minimum Gasteiger partial charge on any atom is -0.356 e. The molecule has 0 saturated carbocycles. The molecule has 4 nitrogen and oxygen atoms in total. The van der Waals surface area contributed by atoms with E-state index in [0.717, 1.165) is 45.1 Å². The number of benzene rings is 1. The third kappa shape index (κ3) is 5.96. The van der Waals surface area contributed by atoms with E-state index in [1.807, 2.05) is 7.05 Å². The standard InChI is InChI=1S/C20H28N4S.HI/c1-16(19-8-12-25-15-19)13-23-20(21-2)22-9-11-24-10-7-17-5-3-4-6-18(17)14-24;/h3-6,8,12,15-16H,7,9-11,13-14H2,1-2H3,(H2,21,22,23);1H. The van der Waals surface area contributed by atoms with Gasteiger partial charge in [-0.15, -0.1) is 24.0 Å². The molecule has 6 heteroatoms. The third-order valence-corrected chi connectivity index (χ3v) is 5.54. The van der Waals surface area contributed by atoms with E-state index in [2.05, 4.69) is 68.5 Å². The Balaban J connectivity index is 0.00000243. The second kappa shape index (κ2) is 10.9. The van der Waals surface area contributed by atoms with Crippen LogP contribution in [-0.2, 0) is 13.0 Å². The summed E-state index contributed by atoms with van der Waals surface area (Å²) in [5.41, 5.74) is 4.37. The van der Waals surface area contributed by atoms with Crippen LogP contribution in [0.4, 0.5) is 0 Å². The lowest BCUT2D eigenvalue weighted by atomic mass is 10.00. The fourth-order valence-corrected chi connectivity index (χ4v) is 4.00. The number of thiophene rings is 1. The highest BCUT2D eigenvalue weighted by Gasteiger charge is 2.15. The molecular weight excluding hydrogens is 455 g/mol. The normalized spacial score (nSPS) is 15.7. The molecule has 1 aromatic heterocycles. The number of hydrogen-bond donors (Lipinski definition) is 2. The van der Waals surface area contributed by atoms with E-state index in [-0.39, 0.29) is 24.0 Å². The number of fused-ring (bicyclic) bond motifs is 1. The van der Waals surface area contributed by atoms with Crippen LogP contribution in [0.25, 0.3) is 0 Å². The Morgan fingerprint density at radius 3 is 2.77 bits per heavy atom. The molecule has 1 atom stereocenters. The van der Waals surface area contributed by atoms with Crippen LogP contribution in [0.2, 0.25) is 0 Å². The Kier molecular flexibility index (Phi) is 8.87. The molecule has 1 aliphatic heterocycles. The van der Waals surface area contributed by atoms with Gasteiger partial charge in [0.1, 0.15) is 0 Å². The average molecular weight is 484 g/mol. The lowest BCUT2D eigenvalue weighted by molar-refractivity contribution is 0.258. The molecule has 0 bridgehead atoms. The van der Waals surface area contributed by atoms with Crippen LogP contribution in [-0.4, -0.2) is 44.1 Å². The predicted molar refractivity (Wildman–Crippen MR) is 123 cm³/mol. The van der Waals surface area contributed by atoms with Gasteiger partial charge in [-0.25, -0.2) is 0 Å². The molecule has 0 spiro atoms. The van der Waals surface area contributed by atoms with Crippen molar-refractivity contribution in [3.8, 4) is 0 Å². The zero-order valence-corrected chi connectivity index (χ0v) is 18.7. The van der Waals surface area contributed by atoms with Crippen molar-refractivity contribution in [2.75, 3.05) is 33.2 Å². The van der Waals surface area contributed by atoms with Gasteiger partial charge in [0.05, 0.1) is 0 Å². The lowest BCUT2D eigenvalue weighted by Crippen LogP contribution is -2.43. The van der Waals surface area contributed by atoms with Crippen LogP contribution < -0.4 is 10.6 Å². The van der Waals surface area contributed by atoms with Crippen molar-refractivity contribution in [3.05, 3.63) is 57.8 Å². The molecule has 2 N–H and O–H groups in total. The smallest absolute Gasteiger partial charge is 0.191 e. The minimum atomic E-state index is 0. The van der Waals surface area contributed by atoms with Crippen molar-refractivity contribution in [3.63, 3.8) is 0 Å². The van der Waals surface area contributed by atoms with Crippen LogP contribution in [0.5, 0.6) is 0 Å². The summed E-state index contributed by atoms with van der Waals surface area (Å²) >= 11 is 1.75. The van der Waals surface area contributed by atoms with Crippen molar-refractivity contribution in [1.29, 1.82) is 0 Å². The SMILES string of the molecule is CN=C(NCCN1CCc2ccccc2C1)NCC(C)c1ccsc1.I. The fourth-order valence-electron chi connectivity index (χ4n) is 3.22. The van der Waals surface area contributed by atoms with Gasteiger partial charge in [-0.1, -0.05) is 31.2 Å². The summed E-state index contributed by atoms with van der Waals surface area (Å²) < 4.78 is 0. The van der Waals surface area contributed by atoms with Crippen molar-refractivity contribution in [2.24, 2.45) is 4.99 Å². The first-order chi connectivity index (χ1) is 12.3. The van der Waals surface area contributed by atoms with Gasteiger partial charge in [0.2, 0.25) is 0 Å². The van der Waals surface area contributed by atoms with Crippen LogP contribution in [0.15, 0.2) is 46.1 Å². The maximum Gasteiger partial charge on any atom is 0.191 e. The molecule has 2 aromatic rings. The fraction of sp³-hybridized carbons (Fsp3) is 0.450. The average Bonchev–Trinajstić information content (AvgIpc) is 3.19. The molecule has 0 aliphatic carbocycles. The topological polar surface area (TPSA) is 39.7 Å². The first kappa shape index (κ1) is 21.2. The number of nitrogens with zero attached hydrogens (tertiary/aromatic N) is 2. The second-order valence-corrected chi connectivity index (χ2v) is 7.41. The molecule has 26 heavy (non-hydrogen) atoms. The van der Waals surface area contributed by atoms with Crippen molar-refractivity contribution < 1.29 is 0 Å². The minimum absolute atomic E-state index is 0. The summed E-state index contributed by atoms with van der Waals surface area (Å²) in [7, 11) is 1.84. The van der Waals surface area contributed by atoms with Gasteiger partial charge in [-0.2, -0.15) is 11.3 Å². The molecule has 1 aromatic carbocycles. The molecule has 0 amide bonds. The van der Waals surface area contributed by atoms with Crippen molar-refractivity contribution in [2.45, 2.75) is 25.8 Å². The Labute approximate surface area is 178 Å². The Morgan fingerprint density at radius 2 is 2.04 bits per heavy atom. The van der Waals surface area contributed by atoms with Gasteiger partial charge in [-0.05, 0) is 45.9 Å². The maximum absolute atomic E-state index is 4.34. The molecule has 3 rings (SSSR count). The van der Waals surface area contributed by atoms with Gasteiger partial charge in [0, 0.05) is 39.8 Å². The van der Waals surface area contributed by atoms with Crippen LogP contribution in [0, 0.1) is 0 Å². The van der Waals surface area contributed by atoms with Gasteiger partial charge >= 0.3 is 0 Å². The summed E-state index contributed by atoms with van der Waals surface area (Å²) in [6.07, 6.45) is 1.15. The molecule has 142 valence electrons. The summed E-state index contributed by atoms with van der Waals surface area (Å²) in [4.78, 5) is 6.85. The highest BCUT2D eigenvalue weighted by Crippen LogP contribution is 2.18. The number of halogens is 1. The van der Waals surface area contributed by atoms with E-state index < -0.39 is 0 Å². The van der Waals surface area contributed by atoms with E-state index in [0.29, 0.717) is 5.92 Å². The van der Waals surface area contributed by atoms with Gasteiger partial charge < -0.3 is 10.6 Å². The van der Waals surface area contributed by atoms with E-state index in [1.54, 1.807) is 11.3 Å². The number of aliphatic imine (C=N–C) groups is 1. The van der Waals surface area contributed by atoms with E-state index in [4.69, 9.17) is 0 Å².